The molecule has 6 nitrogen and oxygen atoms in total. The summed E-state index contributed by atoms with van der Waals surface area (Å²) >= 11 is 0. The minimum atomic E-state index is -3.22. The molecule has 0 spiro atoms. The number of guanidine groups is 1. The number of fused-ring (bicyclic) bond motifs is 1. The summed E-state index contributed by atoms with van der Waals surface area (Å²) in [5, 5.41) is 7.35. The second-order valence-corrected chi connectivity index (χ2v) is 8.96. The number of nitrogens with one attached hydrogen (secondary N) is 3. The van der Waals surface area contributed by atoms with Gasteiger partial charge in [0.15, 0.2) is 15.8 Å². The van der Waals surface area contributed by atoms with Crippen molar-refractivity contribution in [1.82, 2.24) is 15.6 Å². The molecule has 0 aliphatic heterocycles. The monoisotopic (exact) mass is 544 g/mol. The number of aromatic nitrogens is 1. The van der Waals surface area contributed by atoms with Crippen molar-refractivity contribution in [3.8, 4) is 0 Å². The number of nitrogens with zero attached hydrogens (tertiary/aromatic N) is 1. The van der Waals surface area contributed by atoms with Crippen LogP contribution in [0.4, 0.5) is 4.39 Å². The van der Waals surface area contributed by atoms with Crippen LogP contribution in [0.15, 0.2) is 52.5 Å². The summed E-state index contributed by atoms with van der Waals surface area (Å²) in [4.78, 5) is 7.71. The zero-order chi connectivity index (χ0) is 21.0. The van der Waals surface area contributed by atoms with Gasteiger partial charge in [-0.25, -0.2) is 12.8 Å². The smallest absolute Gasteiger partial charge is 0.191 e. The fourth-order valence-electron chi connectivity index (χ4n) is 3.32. The molecule has 9 heteroatoms. The number of benzene rings is 2. The van der Waals surface area contributed by atoms with Crippen LogP contribution in [0.2, 0.25) is 0 Å². The van der Waals surface area contributed by atoms with E-state index < -0.39 is 9.84 Å². The van der Waals surface area contributed by atoms with Gasteiger partial charge in [-0.1, -0.05) is 12.1 Å². The van der Waals surface area contributed by atoms with E-state index in [1.807, 2.05) is 12.3 Å². The van der Waals surface area contributed by atoms with Gasteiger partial charge in [0.05, 0.1) is 4.90 Å². The molecule has 3 rings (SSSR count). The summed E-state index contributed by atoms with van der Waals surface area (Å²) < 4.78 is 36.9. The Morgan fingerprint density at radius 3 is 2.60 bits per heavy atom. The fourth-order valence-corrected chi connectivity index (χ4v) is 4.28. The maximum absolute atomic E-state index is 13.5. The third-order valence-electron chi connectivity index (χ3n) is 4.74. The molecule has 162 valence electrons. The molecule has 0 aliphatic carbocycles. The molecule has 1 heterocycles. The molecule has 1 aromatic heterocycles. The lowest BCUT2D eigenvalue weighted by Crippen LogP contribution is -2.37. The highest BCUT2D eigenvalue weighted by molar-refractivity contribution is 14.0. The number of aryl methyl sites for hydroxylation is 1. The van der Waals surface area contributed by atoms with Crippen molar-refractivity contribution in [2.45, 2.75) is 24.8 Å². The van der Waals surface area contributed by atoms with Gasteiger partial charge in [0.25, 0.3) is 0 Å². The van der Waals surface area contributed by atoms with E-state index in [0.717, 1.165) is 27.6 Å². The second-order valence-electron chi connectivity index (χ2n) is 6.98. The Bertz CT molecular complexity index is 1160. The van der Waals surface area contributed by atoms with E-state index in [4.69, 9.17) is 0 Å². The van der Waals surface area contributed by atoms with Crippen molar-refractivity contribution >= 4 is 50.7 Å². The first-order valence-electron chi connectivity index (χ1n) is 9.27. The Balaban J connectivity index is 0.00000320. The molecule has 0 fully saturated rings. The normalized spacial score (nSPS) is 11.9. The maximum atomic E-state index is 13.5. The van der Waals surface area contributed by atoms with Gasteiger partial charge in [0, 0.05) is 43.5 Å². The summed E-state index contributed by atoms with van der Waals surface area (Å²) in [5.41, 5.74) is 3.64. The lowest BCUT2D eigenvalue weighted by Gasteiger charge is -2.13. The number of aromatic amines is 1. The second kappa shape index (κ2) is 10.3. The molecule has 30 heavy (non-hydrogen) atoms. The van der Waals surface area contributed by atoms with Crippen molar-refractivity contribution in [3.63, 3.8) is 0 Å². The molecule has 0 atom stereocenters. The molecule has 0 bridgehead atoms. The molecule has 0 saturated heterocycles. The Morgan fingerprint density at radius 1 is 1.17 bits per heavy atom. The molecule has 3 N–H and O–H groups in total. The van der Waals surface area contributed by atoms with Gasteiger partial charge in [-0.05, 0) is 54.3 Å². The minimum absolute atomic E-state index is 0. The van der Waals surface area contributed by atoms with Crippen LogP contribution in [0.5, 0.6) is 0 Å². The largest absolute Gasteiger partial charge is 0.361 e. The van der Waals surface area contributed by atoms with Gasteiger partial charge in [0.2, 0.25) is 0 Å². The highest BCUT2D eigenvalue weighted by atomic mass is 127. The summed E-state index contributed by atoms with van der Waals surface area (Å²) in [7, 11) is -1.53. The lowest BCUT2D eigenvalue weighted by molar-refractivity contribution is 0.601. The van der Waals surface area contributed by atoms with Crippen LogP contribution in [0, 0.1) is 12.7 Å². The topological polar surface area (TPSA) is 86.3 Å². The minimum Gasteiger partial charge on any atom is -0.361 e. The summed E-state index contributed by atoms with van der Waals surface area (Å²) in [6, 6.07) is 10.0. The molecule has 0 radical (unpaired) electrons. The number of hydrogen-bond acceptors (Lipinski definition) is 3. The molecule has 0 amide bonds. The number of rotatable bonds is 6. The van der Waals surface area contributed by atoms with Crippen LogP contribution >= 0.6 is 24.0 Å². The van der Waals surface area contributed by atoms with Crippen molar-refractivity contribution in [2.75, 3.05) is 19.8 Å². The van der Waals surface area contributed by atoms with E-state index in [0.29, 0.717) is 30.4 Å². The van der Waals surface area contributed by atoms with Crippen molar-refractivity contribution in [1.29, 1.82) is 0 Å². The highest BCUT2D eigenvalue weighted by Gasteiger charge is 2.11. The number of aliphatic imine (C=N–C) groups is 1. The SMILES string of the molecule is CN=C(NCCc1c[nH]c2ccc(F)cc12)NCc1ccc(S(C)(=O)=O)c(C)c1.I. The molecular formula is C21H26FIN4O2S. The average Bonchev–Trinajstić information content (AvgIpc) is 3.05. The first-order chi connectivity index (χ1) is 13.8. The van der Waals surface area contributed by atoms with Gasteiger partial charge in [0.1, 0.15) is 5.82 Å². The van der Waals surface area contributed by atoms with Crippen molar-refractivity contribution in [2.24, 2.45) is 4.99 Å². The third kappa shape index (κ3) is 5.94. The van der Waals surface area contributed by atoms with E-state index in [1.165, 1.54) is 18.4 Å². The van der Waals surface area contributed by atoms with E-state index in [9.17, 15) is 12.8 Å². The van der Waals surface area contributed by atoms with E-state index >= 15 is 0 Å². The molecule has 3 aromatic rings. The predicted octanol–water partition coefficient (Wildman–Crippen LogP) is 3.54. The zero-order valence-corrected chi connectivity index (χ0v) is 20.3. The zero-order valence-electron chi connectivity index (χ0n) is 17.1. The van der Waals surface area contributed by atoms with E-state index in [1.54, 1.807) is 32.2 Å². The average molecular weight is 544 g/mol. The number of H-pyrrole nitrogens is 1. The standard InChI is InChI=1S/C21H25FN4O2S.HI/c1-14-10-15(4-7-20(14)29(3,27)28)12-26-21(23-2)24-9-8-16-13-25-19-6-5-17(22)11-18(16)19;/h4-7,10-11,13,25H,8-9,12H2,1-3H3,(H2,23,24,26);1H. The van der Waals surface area contributed by atoms with Crippen LogP contribution in [-0.4, -0.2) is 39.2 Å². The predicted molar refractivity (Wildman–Crippen MR) is 130 cm³/mol. The van der Waals surface area contributed by atoms with Gasteiger partial charge >= 0.3 is 0 Å². The molecule has 0 aliphatic rings. The molecule has 0 saturated carbocycles. The van der Waals surface area contributed by atoms with E-state index in [-0.39, 0.29) is 29.8 Å². The Kier molecular flexibility index (Phi) is 8.25. The summed E-state index contributed by atoms with van der Waals surface area (Å²) in [6.45, 7) is 2.94. The quantitative estimate of drug-likeness (QED) is 0.252. The van der Waals surface area contributed by atoms with Crippen LogP contribution < -0.4 is 10.6 Å². The van der Waals surface area contributed by atoms with Gasteiger partial charge < -0.3 is 15.6 Å². The number of hydrogen-bond donors (Lipinski definition) is 3. The van der Waals surface area contributed by atoms with Crippen LogP contribution in [-0.2, 0) is 22.8 Å². The van der Waals surface area contributed by atoms with Gasteiger partial charge in [-0.2, -0.15) is 0 Å². The number of halogens is 2. The van der Waals surface area contributed by atoms with Crippen LogP contribution in [0.1, 0.15) is 16.7 Å². The lowest BCUT2D eigenvalue weighted by atomic mass is 10.1. The van der Waals surface area contributed by atoms with Crippen LogP contribution in [0.25, 0.3) is 10.9 Å². The number of sulfone groups is 1. The summed E-state index contributed by atoms with van der Waals surface area (Å²) in [6.07, 6.45) is 3.82. The Labute approximate surface area is 193 Å². The van der Waals surface area contributed by atoms with Crippen LogP contribution in [0.3, 0.4) is 0 Å². The van der Waals surface area contributed by atoms with Gasteiger partial charge in [-0.15, -0.1) is 24.0 Å². The van der Waals surface area contributed by atoms with E-state index in [2.05, 4.69) is 20.6 Å². The Hall–Kier alpha value is -2.14. The highest BCUT2D eigenvalue weighted by Crippen LogP contribution is 2.19. The fraction of sp³-hybridized carbons (Fsp3) is 0.286. The Morgan fingerprint density at radius 2 is 1.93 bits per heavy atom. The van der Waals surface area contributed by atoms with Crippen molar-refractivity contribution in [3.05, 3.63) is 65.1 Å². The first-order valence-corrected chi connectivity index (χ1v) is 11.2. The van der Waals surface area contributed by atoms with Crippen molar-refractivity contribution < 1.29 is 12.8 Å². The molecule has 2 aromatic carbocycles. The molecule has 0 unspecified atom stereocenters. The third-order valence-corrected chi connectivity index (χ3v) is 6.00. The first kappa shape index (κ1) is 24.1. The molecular weight excluding hydrogens is 518 g/mol. The van der Waals surface area contributed by atoms with Gasteiger partial charge in [-0.3, -0.25) is 4.99 Å². The maximum Gasteiger partial charge on any atom is 0.191 e. The summed E-state index contributed by atoms with van der Waals surface area (Å²) in [5.74, 6) is 0.391.